The first-order valence-corrected chi connectivity index (χ1v) is 5.35. The zero-order chi connectivity index (χ0) is 12.1. The molecule has 0 aliphatic carbocycles. The van der Waals surface area contributed by atoms with Gasteiger partial charge >= 0.3 is 0 Å². The van der Waals surface area contributed by atoms with E-state index in [9.17, 15) is 4.79 Å². The van der Waals surface area contributed by atoms with Crippen molar-refractivity contribution in [2.24, 2.45) is 0 Å². The smallest absolute Gasteiger partial charge is 0.161 e. The molecule has 0 spiro atoms. The summed E-state index contributed by atoms with van der Waals surface area (Å²) >= 11 is 0. The lowest BCUT2D eigenvalue weighted by molar-refractivity contribution is -0.116. The Bertz CT molecular complexity index is 383. The van der Waals surface area contributed by atoms with Crippen LogP contribution in [0.25, 0.3) is 0 Å². The van der Waals surface area contributed by atoms with E-state index >= 15 is 0 Å². The molecular formula is C13H18O3. The van der Waals surface area contributed by atoms with Crippen molar-refractivity contribution in [3.8, 4) is 11.5 Å². The molecule has 3 heteroatoms. The Morgan fingerprint density at radius 1 is 1.12 bits per heavy atom. The fraction of sp³-hybridized carbons (Fsp3) is 0.462. The van der Waals surface area contributed by atoms with E-state index in [1.165, 1.54) is 0 Å². The van der Waals surface area contributed by atoms with Crippen LogP contribution in [0.5, 0.6) is 11.5 Å². The predicted octanol–water partition coefficient (Wildman–Crippen LogP) is 2.40. The molecule has 0 aliphatic rings. The van der Waals surface area contributed by atoms with Crippen LogP contribution in [0.4, 0.5) is 0 Å². The Hall–Kier alpha value is -1.51. The van der Waals surface area contributed by atoms with E-state index in [1.54, 1.807) is 21.1 Å². The zero-order valence-electron chi connectivity index (χ0n) is 10.3. The van der Waals surface area contributed by atoms with Crippen LogP contribution < -0.4 is 9.47 Å². The fourth-order valence-corrected chi connectivity index (χ4v) is 1.73. The molecule has 0 aliphatic heterocycles. The van der Waals surface area contributed by atoms with Crippen molar-refractivity contribution in [3.05, 3.63) is 23.3 Å². The van der Waals surface area contributed by atoms with Crippen LogP contribution in [0.15, 0.2) is 12.1 Å². The summed E-state index contributed by atoms with van der Waals surface area (Å²) in [5.41, 5.74) is 2.15. The number of carbonyl (C=O) groups excluding carboxylic acids is 1. The van der Waals surface area contributed by atoms with Crippen molar-refractivity contribution in [3.63, 3.8) is 0 Å². The highest BCUT2D eigenvalue weighted by Crippen LogP contribution is 2.31. The molecule has 16 heavy (non-hydrogen) atoms. The fourth-order valence-electron chi connectivity index (χ4n) is 1.73. The number of carbonyl (C=O) groups is 1. The third kappa shape index (κ3) is 2.75. The van der Waals surface area contributed by atoms with Crippen molar-refractivity contribution >= 4 is 5.78 Å². The molecule has 1 rings (SSSR count). The second kappa shape index (κ2) is 5.54. The first-order chi connectivity index (χ1) is 7.62. The Morgan fingerprint density at radius 2 is 1.62 bits per heavy atom. The molecule has 0 radical (unpaired) electrons. The lowest BCUT2D eigenvalue weighted by Crippen LogP contribution is -2.02. The van der Waals surface area contributed by atoms with Crippen molar-refractivity contribution in [2.75, 3.05) is 14.2 Å². The minimum atomic E-state index is 0.155. The van der Waals surface area contributed by atoms with Gasteiger partial charge in [-0.25, -0.2) is 0 Å². The SMILES string of the molecule is CCc1cc(OC)c(OC)cc1CC(C)=O. The second-order valence-electron chi connectivity index (χ2n) is 3.71. The van der Waals surface area contributed by atoms with E-state index in [4.69, 9.17) is 9.47 Å². The molecule has 0 heterocycles. The van der Waals surface area contributed by atoms with Crippen LogP contribution in [0.1, 0.15) is 25.0 Å². The van der Waals surface area contributed by atoms with Gasteiger partial charge in [-0.15, -0.1) is 0 Å². The molecular weight excluding hydrogens is 204 g/mol. The Kier molecular flexibility index (Phi) is 4.35. The normalized spacial score (nSPS) is 10.0. The number of methoxy groups -OCH3 is 2. The average molecular weight is 222 g/mol. The van der Waals surface area contributed by atoms with Gasteiger partial charge in [-0.3, -0.25) is 4.79 Å². The number of hydrogen-bond donors (Lipinski definition) is 0. The summed E-state index contributed by atoms with van der Waals surface area (Å²) in [5, 5.41) is 0. The summed E-state index contributed by atoms with van der Waals surface area (Å²) in [6, 6.07) is 3.83. The molecule has 1 aromatic rings. The van der Waals surface area contributed by atoms with Crippen molar-refractivity contribution in [2.45, 2.75) is 26.7 Å². The number of ether oxygens (including phenoxy) is 2. The second-order valence-corrected chi connectivity index (χ2v) is 3.71. The molecule has 0 saturated heterocycles. The van der Waals surface area contributed by atoms with Crippen LogP contribution >= 0.6 is 0 Å². The summed E-state index contributed by atoms with van der Waals surface area (Å²) in [6.07, 6.45) is 1.33. The first kappa shape index (κ1) is 12.6. The number of hydrogen-bond acceptors (Lipinski definition) is 3. The molecule has 0 amide bonds. The molecule has 3 nitrogen and oxygen atoms in total. The minimum Gasteiger partial charge on any atom is -0.493 e. The van der Waals surface area contributed by atoms with Crippen LogP contribution in [-0.2, 0) is 17.6 Å². The molecule has 0 aromatic heterocycles. The Morgan fingerprint density at radius 3 is 2.00 bits per heavy atom. The number of benzene rings is 1. The van der Waals surface area contributed by atoms with E-state index in [0.29, 0.717) is 17.9 Å². The number of aryl methyl sites for hydroxylation is 1. The van der Waals surface area contributed by atoms with Gasteiger partial charge in [-0.05, 0) is 36.6 Å². The molecule has 0 unspecified atom stereocenters. The maximum Gasteiger partial charge on any atom is 0.161 e. The van der Waals surface area contributed by atoms with Crippen LogP contribution in [0, 0.1) is 0 Å². The van der Waals surface area contributed by atoms with Crippen LogP contribution in [0.2, 0.25) is 0 Å². The third-order valence-electron chi connectivity index (χ3n) is 2.53. The topological polar surface area (TPSA) is 35.5 Å². The van der Waals surface area contributed by atoms with Gasteiger partial charge in [0.25, 0.3) is 0 Å². The average Bonchev–Trinajstić information content (AvgIpc) is 2.27. The number of Topliss-reactive ketones (excluding diaryl/α,β-unsaturated/α-hetero) is 1. The highest BCUT2D eigenvalue weighted by molar-refractivity contribution is 5.79. The van der Waals surface area contributed by atoms with E-state index in [2.05, 4.69) is 6.92 Å². The Balaban J connectivity index is 3.20. The summed E-state index contributed by atoms with van der Waals surface area (Å²) < 4.78 is 10.5. The van der Waals surface area contributed by atoms with Gasteiger partial charge in [0.15, 0.2) is 11.5 Å². The van der Waals surface area contributed by atoms with Gasteiger partial charge in [0.05, 0.1) is 14.2 Å². The third-order valence-corrected chi connectivity index (χ3v) is 2.53. The Labute approximate surface area is 96.4 Å². The minimum absolute atomic E-state index is 0.155. The van der Waals surface area contributed by atoms with Gasteiger partial charge in [-0.1, -0.05) is 6.92 Å². The lowest BCUT2D eigenvalue weighted by atomic mass is 10.00. The van der Waals surface area contributed by atoms with Gasteiger partial charge < -0.3 is 9.47 Å². The first-order valence-electron chi connectivity index (χ1n) is 5.35. The van der Waals surface area contributed by atoms with Gasteiger partial charge in [0.2, 0.25) is 0 Å². The molecule has 0 bridgehead atoms. The van der Waals surface area contributed by atoms with Crippen molar-refractivity contribution in [1.82, 2.24) is 0 Å². The number of ketones is 1. The molecule has 0 fully saturated rings. The molecule has 0 atom stereocenters. The van der Waals surface area contributed by atoms with E-state index in [0.717, 1.165) is 17.5 Å². The van der Waals surface area contributed by atoms with Crippen molar-refractivity contribution in [1.29, 1.82) is 0 Å². The highest BCUT2D eigenvalue weighted by atomic mass is 16.5. The summed E-state index contributed by atoms with van der Waals surface area (Å²) in [5.74, 6) is 1.55. The van der Waals surface area contributed by atoms with Gasteiger partial charge in [0, 0.05) is 6.42 Å². The monoisotopic (exact) mass is 222 g/mol. The summed E-state index contributed by atoms with van der Waals surface area (Å²) in [7, 11) is 3.21. The van der Waals surface area contributed by atoms with Gasteiger partial charge in [0.1, 0.15) is 5.78 Å². The highest BCUT2D eigenvalue weighted by Gasteiger charge is 2.11. The van der Waals surface area contributed by atoms with Gasteiger partial charge in [-0.2, -0.15) is 0 Å². The van der Waals surface area contributed by atoms with E-state index in [-0.39, 0.29) is 5.78 Å². The van der Waals surface area contributed by atoms with E-state index in [1.807, 2.05) is 12.1 Å². The van der Waals surface area contributed by atoms with Crippen LogP contribution in [0.3, 0.4) is 0 Å². The zero-order valence-corrected chi connectivity index (χ0v) is 10.3. The van der Waals surface area contributed by atoms with Crippen molar-refractivity contribution < 1.29 is 14.3 Å². The number of rotatable bonds is 5. The largest absolute Gasteiger partial charge is 0.493 e. The molecule has 1 aromatic carbocycles. The maximum absolute atomic E-state index is 11.2. The molecule has 0 N–H and O–H groups in total. The standard InChI is InChI=1S/C13H18O3/c1-5-10-7-12(15-3)13(16-4)8-11(10)6-9(2)14/h7-8H,5-6H2,1-4H3. The van der Waals surface area contributed by atoms with Crippen LogP contribution in [-0.4, -0.2) is 20.0 Å². The molecule has 88 valence electrons. The molecule has 0 saturated carbocycles. The quantitative estimate of drug-likeness (QED) is 0.767. The summed E-state index contributed by atoms with van der Waals surface area (Å²) in [6.45, 7) is 3.65. The predicted molar refractivity (Wildman–Crippen MR) is 63.3 cm³/mol. The summed E-state index contributed by atoms with van der Waals surface area (Å²) in [4.78, 5) is 11.2. The maximum atomic E-state index is 11.2. The lowest BCUT2D eigenvalue weighted by Gasteiger charge is -2.13. The van der Waals surface area contributed by atoms with E-state index < -0.39 is 0 Å².